The summed E-state index contributed by atoms with van der Waals surface area (Å²) in [5.74, 6) is 2.07. The molecular weight excluding hydrogens is 270 g/mol. The number of hydrogen-bond donors (Lipinski definition) is 2. The highest BCUT2D eigenvalue weighted by Gasteiger charge is 2.21. The molecule has 0 aromatic heterocycles. The van der Waals surface area contributed by atoms with E-state index in [1.165, 1.54) is 0 Å². The van der Waals surface area contributed by atoms with Crippen LogP contribution in [0.3, 0.4) is 0 Å². The van der Waals surface area contributed by atoms with Crippen LogP contribution in [-0.2, 0) is 6.54 Å². The minimum atomic E-state index is -0.104. The fourth-order valence-electron chi connectivity index (χ4n) is 2.18. The van der Waals surface area contributed by atoms with Gasteiger partial charge in [0.2, 0.25) is 0 Å². The smallest absolute Gasteiger partial charge is 0.164 e. The first kappa shape index (κ1) is 17.6. The monoisotopic (exact) mass is 297 g/mol. The minimum Gasteiger partial charge on any atom is -0.496 e. The Morgan fingerprint density at radius 3 is 2.10 bits per heavy atom. The molecule has 0 radical (unpaired) electrons. The summed E-state index contributed by atoms with van der Waals surface area (Å²) in [4.78, 5) is 0. The van der Waals surface area contributed by atoms with Gasteiger partial charge in [0, 0.05) is 30.3 Å². The third kappa shape index (κ3) is 4.51. The zero-order valence-corrected chi connectivity index (χ0v) is 13.7. The average molecular weight is 297 g/mol. The molecular formula is C16H27NO4. The average Bonchev–Trinajstić information content (AvgIpc) is 2.52. The molecule has 1 aromatic rings. The van der Waals surface area contributed by atoms with Crippen molar-refractivity contribution in [3.63, 3.8) is 0 Å². The van der Waals surface area contributed by atoms with Crippen LogP contribution in [0.1, 0.15) is 32.3 Å². The molecule has 0 saturated heterocycles. The Hall–Kier alpha value is -1.46. The van der Waals surface area contributed by atoms with E-state index in [0.717, 1.165) is 17.7 Å². The van der Waals surface area contributed by atoms with Gasteiger partial charge in [-0.05, 0) is 25.8 Å². The van der Waals surface area contributed by atoms with Crippen LogP contribution in [0.2, 0.25) is 0 Å². The van der Waals surface area contributed by atoms with Crippen molar-refractivity contribution in [1.82, 2.24) is 5.32 Å². The third-order valence-corrected chi connectivity index (χ3v) is 3.94. The van der Waals surface area contributed by atoms with Gasteiger partial charge < -0.3 is 24.6 Å². The van der Waals surface area contributed by atoms with E-state index in [-0.39, 0.29) is 12.1 Å². The van der Waals surface area contributed by atoms with E-state index in [1.807, 2.05) is 12.1 Å². The van der Waals surface area contributed by atoms with E-state index >= 15 is 0 Å². The summed E-state index contributed by atoms with van der Waals surface area (Å²) >= 11 is 0. The molecule has 1 unspecified atom stereocenters. The van der Waals surface area contributed by atoms with Crippen LogP contribution in [0.25, 0.3) is 0 Å². The van der Waals surface area contributed by atoms with E-state index in [1.54, 1.807) is 21.3 Å². The molecule has 5 heteroatoms. The topological polar surface area (TPSA) is 60.0 Å². The van der Waals surface area contributed by atoms with Crippen LogP contribution in [0.4, 0.5) is 0 Å². The van der Waals surface area contributed by atoms with Crippen molar-refractivity contribution >= 4 is 0 Å². The third-order valence-electron chi connectivity index (χ3n) is 3.94. The van der Waals surface area contributed by atoms with Crippen molar-refractivity contribution in [2.45, 2.75) is 38.8 Å². The molecule has 1 aromatic carbocycles. The van der Waals surface area contributed by atoms with Gasteiger partial charge in [-0.1, -0.05) is 6.92 Å². The summed E-state index contributed by atoms with van der Waals surface area (Å²) < 4.78 is 16.0. The number of hydrogen-bond acceptors (Lipinski definition) is 5. The van der Waals surface area contributed by atoms with Gasteiger partial charge in [-0.3, -0.25) is 0 Å². The van der Waals surface area contributed by atoms with Crippen LogP contribution < -0.4 is 19.5 Å². The molecule has 0 saturated carbocycles. The van der Waals surface area contributed by atoms with Gasteiger partial charge >= 0.3 is 0 Å². The molecule has 0 bridgehead atoms. The maximum Gasteiger partial charge on any atom is 0.164 e. The molecule has 1 rings (SSSR count). The van der Waals surface area contributed by atoms with Crippen molar-refractivity contribution in [2.75, 3.05) is 27.9 Å². The van der Waals surface area contributed by atoms with E-state index in [0.29, 0.717) is 24.5 Å². The number of nitrogens with one attached hydrogen (secondary N) is 1. The fraction of sp³-hybridized carbons (Fsp3) is 0.625. The zero-order valence-electron chi connectivity index (χ0n) is 13.7. The molecule has 0 heterocycles. The van der Waals surface area contributed by atoms with Crippen molar-refractivity contribution in [3.05, 3.63) is 17.7 Å². The first-order chi connectivity index (χ1) is 10.0. The molecule has 0 fully saturated rings. The Morgan fingerprint density at radius 2 is 1.62 bits per heavy atom. The van der Waals surface area contributed by atoms with Crippen LogP contribution in [0.5, 0.6) is 17.2 Å². The Balaban J connectivity index is 2.96. The summed E-state index contributed by atoms with van der Waals surface area (Å²) in [6.45, 7) is 5.01. The van der Waals surface area contributed by atoms with Gasteiger partial charge in [-0.15, -0.1) is 0 Å². The van der Waals surface area contributed by atoms with Crippen molar-refractivity contribution in [3.8, 4) is 17.2 Å². The van der Waals surface area contributed by atoms with Gasteiger partial charge in [0.25, 0.3) is 0 Å². The number of rotatable bonds is 9. The number of aliphatic hydroxyl groups is 1. The molecule has 120 valence electrons. The first-order valence-corrected chi connectivity index (χ1v) is 7.18. The predicted octanol–water partition coefficient (Wildman–Crippen LogP) is 2.35. The van der Waals surface area contributed by atoms with Gasteiger partial charge in [0.05, 0.1) is 21.3 Å². The highest BCUT2D eigenvalue weighted by molar-refractivity contribution is 5.50. The molecule has 0 aliphatic carbocycles. The van der Waals surface area contributed by atoms with Crippen molar-refractivity contribution in [2.24, 2.45) is 0 Å². The second kappa shape index (κ2) is 8.10. The molecule has 1 atom stereocenters. The Morgan fingerprint density at radius 1 is 1.05 bits per heavy atom. The van der Waals surface area contributed by atoms with Crippen molar-refractivity contribution in [1.29, 1.82) is 0 Å². The summed E-state index contributed by atoms with van der Waals surface area (Å²) in [7, 11) is 4.85. The lowest BCUT2D eigenvalue weighted by Gasteiger charge is -2.29. The summed E-state index contributed by atoms with van der Waals surface area (Å²) in [5, 5.41) is 12.7. The van der Waals surface area contributed by atoms with E-state index in [9.17, 15) is 5.11 Å². The largest absolute Gasteiger partial charge is 0.496 e. The number of benzene rings is 1. The molecule has 0 aliphatic rings. The van der Waals surface area contributed by atoms with Crippen LogP contribution >= 0.6 is 0 Å². The summed E-state index contributed by atoms with van der Waals surface area (Å²) in [5.41, 5.74) is 0.889. The maximum absolute atomic E-state index is 9.18. The molecule has 2 N–H and O–H groups in total. The normalized spacial score (nSPS) is 13.6. The number of ether oxygens (including phenoxy) is 3. The molecule has 5 nitrogen and oxygen atoms in total. The molecule has 0 amide bonds. The van der Waals surface area contributed by atoms with E-state index in [2.05, 4.69) is 19.2 Å². The maximum atomic E-state index is 9.18. The lowest BCUT2D eigenvalue weighted by Crippen LogP contribution is -2.42. The van der Waals surface area contributed by atoms with Crippen LogP contribution in [0, 0.1) is 0 Å². The quantitative estimate of drug-likeness (QED) is 0.733. The SMILES string of the molecule is CCC(C)(CCO)NCc1cc(OC)c(OC)cc1OC. The lowest BCUT2D eigenvalue weighted by molar-refractivity contribution is 0.214. The molecule has 21 heavy (non-hydrogen) atoms. The highest BCUT2D eigenvalue weighted by Crippen LogP contribution is 2.34. The Bertz CT molecular complexity index is 450. The summed E-state index contributed by atoms with van der Waals surface area (Å²) in [6, 6.07) is 3.74. The van der Waals surface area contributed by atoms with Gasteiger partial charge in [-0.2, -0.15) is 0 Å². The standard InChI is InChI=1S/C16H27NO4/c1-6-16(2,7-8-18)17-11-12-9-14(20-4)15(21-5)10-13(12)19-3/h9-10,17-18H,6-8,11H2,1-5H3. The predicted molar refractivity (Wildman–Crippen MR) is 83.3 cm³/mol. The van der Waals surface area contributed by atoms with Gasteiger partial charge in [0.15, 0.2) is 11.5 Å². The number of methoxy groups -OCH3 is 3. The lowest BCUT2D eigenvalue weighted by atomic mass is 9.94. The molecule has 0 spiro atoms. The zero-order chi connectivity index (χ0) is 15.9. The van der Waals surface area contributed by atoms with Crippen LogP contribution in [-0.4, -0.2) is 38.6 Å². The minimum absolute atomic E-state index is 0.104. The second-order valence-corrected chi connectivity index (χ2v) is 5.26. The number of aliphatic hydroxyl groups excluding tert-OH is 1. The van der Waals surface area contributed by atoms with E-state index in [4.69, 9.17) is 14.2 Å². The van der Waals surface area contributed by atoms with Crippen molar-refractivity contribution < 1.29 is 19.3 Å². The fourth-order valence-corrected chi connectivity index (χ4v) is 2.18. The summed E-state index contributed by atoms with van der Waals surface area (Å²) in [6.07, 6.45) is 1.64. The Kier molecular flexibility index (Phi) is 6.78. The second-order valence-electron chi connectivity index (χ2n) is 5.26. The first-order valence-electron chi connectivity index (χ1n) is 7.18. The Labute approximate surface area is 127 Å². The van der Waals surface area contributed by atoms with E-state index < -0.39 is 0 Å². The van der Waals surface area contributed by atoms with Crippen LogP contribution in [0.15, 0.2) is 12.1 Å². The van der Waals surface area contributed by atoms with Gasteiger partial charge in [0.1, 0.15) is 5.75 Å². The van der Waals surface area contributed by atoms with Gasteiger partial charge in [-0.25, -0.2) is 0 Å². The highest BCUT2D eigenvalue weighted by atomic mass is 16.5. The molecule has 0 aliphatic heterocycles.